The van der Waals surface area contributed by atoms with Crippen molar-refractivity contribution in [1.82, 2.24) is 0 Å². The molecule has 0 aliphatic heterocycles. The first-order chi connectivity index (χ1) is 10.2. The number of carboxylic acid groups (broad SMARTS) is 1. The maximum absolute atomic E-state index is 12.5. The summed E-state index contributed by atoms with van der Waals surface area (Å²) in [5, 5.41) is 11.4. The minimum absolute atomic E-state index is 0.152. The van der Waals surface area contributed by atoms with Crippen molar-refractivity contribution in [2.45, 2.75) is 36.9 Å². The molecule has 0 saturated heterocycles. The molecule has 0 heterocycles. The lowest BCUT2D eigenvalue weighted by atomic mass is 10.1. The highest BCUT2D eigenvalue weighted by molar-refractivity contribution is 7.92. The van der Waals surface area contributed by atoms with Crippen molar-refractivity contribution in [3.63, 3.8) is 0 Å². The predicted molar refractivity (Wildman–Crippen MR) is 82.5 cm³/mol. The Bertz CT molecular complexity index is 690. The summed E-state index contributed by atoms with van der Waals surface area (Å²) in [6, 6.07) is 6.45. The van der Waals surface area contributed by atoms with Crippen LogP contribution in [0.25, 0.3) is 0 Å². The van der Waals surface area contributed by atoms with Crippen LogP contribution >= 0.6 is 0 Å². The third-order valence-electron chi connectivity index (χ3n) is 4.08. The van der Waals surface area contributed by atoms with Crippen LogP contribution in [0.5, 0.6) is 0 Å². The number of hydrogen-bond donors (Lipinski definition) is 2. The Morgan fingerprint density at radius 2 is 1.91 bits per heavy atom. The van der Waals surface area contributed by atoms with E-state index in [1.54, 1.807) is 24.3 Å². The van der Waals surface area contributed by atoms with Gasteiger partial charge in [-0.05, 0) is 30.5 Å². The molecule has 1 amide bonds. The first-order valence-corrected chi connectivity index (χ1v) is 8.95. The van der Waals surface area contributed by atoms with Crippen LogP contribution in [0.4, 0.5) is 5.69 Å². The van der Waals surface area contributed by atoms with Crippen LogP contribution in [0.1, 0.15) is 31.2 Å². The van der Waals surface area contributed by atoms with E-state index < -0.39 is 26.5 Å². The molecule has 1 aliphatic carbocycles. The summed E-state index contributed by atoms with van der Waals surface area (Å²) in [5.41, 5.74) is 0.962. The smallest absolute Gasteiger partial charge is 0.307 e. The van der Waals surface area contributed by atoms with E-state index in [4.69, 9.17) is 5.11 Å². The molecule has 1 aromatic carbocycles. The maximum atomic E-state index is 12.5. The number of benzene rings is 1. The number of carboxylic acids is 1. The molecule has 6 nitrogen and oxygen atoms in total. The molecule has 2 N–H and O–H groups in total. The van der Waals surface area contributed by atoms with E-state index in [9.17, 15) is 18.0 Å². The third-order valence-corrected chi connectivity index (χ3v) is 6.09. The maximum Gasteiger partial charge on any atom is 0.307 e. The van der Waals surface area contributed by atoms with Gasteiger partial charge in [0.05, 0.1) is 6.42 Å². The van der Waals surface area contributed by atoms with Crippen molar-refractivity contribution in [2.24, 2.45) is 0 Å². The average molecular weight is 325 g/mol. The summed E-state index contributed by atoms with van der Waals surface area (Å²) in [5.74, 6) is -1.49. The van der Waals surface area contributed by atoms with Crippen LogP contribution in [-0.4, -0.2) is 36.4 Å². The van der Waals surface area contributed by atoms with E-state index >= 15 is 0 Å². The normalized spacial score (nSPS) is 17.1. The number of aliphatic carboxylic acids is 1. The first kappa shape index (κ1) is 16.5. The lowest BCUT2D eigenvalue weighted by Gasteiger charge is -2.25. The van der Waals surface area contributed by atoms with Crippen LogP contribution in [0.3, 0.4) is 0 Å². The summed E-state index contributed by atoms with van der Waals surface area (Å²) < 4.78 is 22.8. The van der Waals surface area contributed by atoms with Crippen LogP contribution in [0.15, 0.2) is 24.3 Å². The van der Waals surface area contributed by atoms with Crippen LogP contribution < -0.4 is 5.32 Å². The van der Waals surface area contributed by atoms with Gasteiger partial charge in [0, 0.05) is 11.9 Å². The largest absolute Gasteiger partial charge is 0.481 e. The van der Waals surface area contributed by atoms with Gasteiger partial charge in [-0.25, -0.2) is 8.42 Å². The third kappa shape index (κ3) is 3.30. The number of amides is 1. The SMILES string of the molecule is CS(=O)(=O)C1(C(=O)Nc2cccc(CC(=O)O)c2)CCCC1. The fourth-order valence-corrected chi connectivity index (χ4v) is 4.31. The van der Waals surface area contributed by atoms with Crippen molar-refractivity contribution >= 4 is 27.4 Å². The molecule has 1 fully saturated rings. The molecule has 0 unspecified atom stereocenters. The average Bonchev–Trinajstić information content (AvgIpc) is 2.88. The Morgan fingerprint density at radius 3 is 2.45 bits per heavy atom. The van der Waals surface area contributed by atoms with E-state index in [0.29, 0.717) is 36.9 Å². The lowest BCUT2D eigenvalue weighted by Crippen LogP contribution is -2.47. The van der Waals surface area contributed by atoms with Crippen molar-refractivity contribution in [3.8, 4) is 0 Å². The fraction of sp³-hybridized carbons (Fsp3) is 0.467. The highest BCUT2D eigenvalue weighted by atomic mass is 32.2. The number of nitrogens with one attached hydrogen (secondary N) is 1. The fourth-order valence-electron chi connectivity index (χ4n) is 2.89. The molecule has 1 aromatic rings. The molecule has 2 rings (SSSR count). The Labute approximate surface area is 129 Å². The molecule has 0 bridgehead atoms. The van der Waals surface area contributed by atoms with Gasteiger partial charge in [0.15, 0.2) is 14.6 Å². The molecular weight excluding hydrogens is 306 g/mol. The lowest BCUT2D eigenvalue weighted by molar-refractivity contribution is -0.136. The van der Waals surface area contributed by atoms with Crippen molar-refractivity contribution in [1.29, 1.82) is 0 Å². The Hall–Kier alpha value is -1.89. The number of anilines is 1. The second kappa shape index (κ2) is 6.08. The van der Waals surface area contributed by atoms with E-state index in [0.717, 1.165) is 6.26 Å². The van der Waals surface area contributed by atoms with Gasteiger partial charge >= 0.3 is 5.97 Å². The highest BCUT2D eigenvalue weighted by Gasteiger charge is 2.49. The minimum atomic E-state index is -3.52. The summed E-state index contributed by atoms with van der Waals surface area (Å²) >= 11 is 0. The molecule has 7 heteroatoms. The second-order valence-electron chi connectivity index (χ2n) is 5.70. The predicted octanol–water partition coefficient (Wildman–Crippen LogP) is 1.61. The van der Waals surface area contributed by atoms with Crippen molar-refractivity contribution < 1.29 is 23.1 Å². The van der Waals surface area contributed by atoms with Gasteiger partial charge in [-0.15, -0.1) is 0 Å². The molecule has 120 valence electrons. The van der Waals surface area contributed by atoms with Gasteiger partial charge in [0.1, 0.15) is 0 Å². The van der Waals surface area contributed by atoms with Gasteiger partial charge in [0.2, 0.25) is 5.91 Å². The van der Waals surface area contributed by atoms with E-state index in [-0.39, 0.29) is 6.42 Å². The molecule has 0 atom stereocenters. The summed E-state index contributed by atoms with van der Waals surface area (Å²) in [4.78, 5) is 23.2. The number of carbonyl (C=O) groups is 2. The van der Waals surface area contributed by atoms with Crippen molar-refractivity contribution in [2.75, 3.05) is 11.6 Å². The first-order valence-electron chi connectivity index (χ1n) is 7.06. The van der Waals surface area contributed by atoms with Crippen LogP contribution in [0.2, 0.25) is 0 Å². The molecule has 0 aromatic heterocycles. The monoisotopic (exact) mass is 325 g/mol. The number of rotatable bonds is 5. The molecule has 0 radical (unpaired) electrons. The topological polar surface area (TPSA) is 101 Å². The molecule has 0 spiro atoms. The van der Waals surface area contributed by atoms with Crippen LogP contribution in [0, 0.1) is 0 Å². The number of sulfone groups is 1. The zero-order chi connectivity index (χ0) is 16.4. The molecule has 1 aliphatic rings. The molecule has 1 saturated carbocycles. The summed E-state index contributed by atoms with van der Waals surface area (Å²) in [6.45, 7) is 0. The second-order valence-corrected chi connectivity index (χ2v) is 8.02. The zero-order valence-electron chi connectivity index (χ0n) is 12.3. The quantitative estimate of drug-likeness (QED) is 0.856. The van der Waals surface area contributed by atoms with E-state index in [1.165, 1.54) is 0 Å². The molecule has 22 heavy (non-hydrogen) atoms. The highest BCUT2D eigenvalue weighted by Crippen LogP contribution is 2.37. The Kier molecular flexibility index (Phi) is 4.55. The number of hydrogen-bond acceptors (Lipinski definition) is 4. The minimum Gasteiger partial charge on any atom is -0.481 e. The van der Waals surface area contributed by atoms with E-state index in [2.05, 4.69) is 5.32 Å². The van der Waals surface area contributed by atoms with Gasteiger partial charge in [-0.3, -0.25) is 9.59 Å². The van der Waals surface area contributed by atoms with Gasteiger partial charge < -0.3 is 10.4 Å². The summed E-state index contributed by atoms with van der Waals surface area (Å²) in [6.07, 6.45) is 3.01. The van der Waals surface area contributed by atoms with Gasteiger partial charge in [-0.1, -0.05) is 25.0 Å². The zero-order valence-corrected chi connectivity index (χ0v) is 13.1. The van der Waals surface area contributed by atoms with Gasteiger partial charge in [-0.2, -0.15) is 0 Å². The van der Waals surface area contributed by atoms with Gasteiger partial charge in [0.25, 0.3) is 0 Å². The summed E-state index contributed by atoms with van der Waals surface area (Å²) in [7, 11) is -3.52. The molecular formula is C15H19NO5S. The Morgan fingerprint density at radius 1 is 1.27 bits per heavy atom. The Balaban J connectivity index is 2.23. The standard InChI is InChI=1S/C15H19NO5S/c1-22(20,21)15(7-2-3-8-15)14(19)16-12-6-4-5-11(9-12)10-13(17)18/h4-6,9H,2-3,7-8,10H2,1H3,(H,16,19)(H,17,18). The van der Waals surface area contributed by atoms with Crippen molar-refractivity contribution in [3.05, 3.63) is 29.8 Å². The van der Waals surface area contributed by atoms with E-state index in [1.807, 2.05) is 0 Å². The number of carbonyl (C=O) groups excluding carboxylic acids is 1. The van der Waals surface area contributed by atoms with Crippen LogP contribution in [-0.2, 0) is 25.8 Å².